The molecule has 0 radical (unpaired) electrons. The third-order valence-corrected chi connectivity index (χ3v) is 9.49. The highest BCUT2D eigenvalue weighted by Gasteiger charge is 2.32. The van der Waals surface area contributed by atoms with Crippen molar-refractivity contribution < 1.29 is 14.7 Å². The summed E-state index contributed by atoms with van der Waals surface area (Å²) in [5.41, 5.74) is 2.28. The lowest BCUT2D eigenvalue weighted by molar-refractivity contribution is -0.133. The molecule has 4 aromatic rings. The molecule has 14 heteroatoms. The molecule has 6 rings (SSSR count). The molecule has 2 aromatic heterocycles. The number of urea groups is 1. The van der Waals surface area contributed by atoms with Gasteiger partial charge in [0.2, 0.25) is 11.9 Å². The summed E-state index contributed by atoms with van der Waals surface area (Å²) >= 11 is 6.74. The molecular formula is C30H32Br2N8O4. The fourth-order valence-corrected chi connectivity index (χ4v) is 7.26. The number of amides is 3. The third-order valence-electron chi connectivity index (χ3n) is 8.28. The van der Waals surface area contributed by atoms with Crippen LogP contribution in [0.25, 0.3) is 11.0 Å². The van der Waals surface area contributed by atoms with Gasteiger partial charge in [-0.3, -0.25) is 9.36 Å². The molecule has 2 aliphatic rings. The first kappa shape index (κ1) is 30.1. The number of rotatable bonds is 6. The van der Waals surface area contributed by atoms with Gasteiger partial charge in [-0.25, -0.2) is 19.6 Å². The highest BCUT2D eigenvalue weighted by atomic mass is 79.9. The molecule has 0 unspecified atom stereocenters. The zero-order valence-electron chi connectivity index (χ0n) is 23.8. The van der Waals surface area contributed by atoms with Crippen molar-refractivity contribution in [1.82, 2.24) is 34.6 Å². The van der Waals surface area contributed by atoms with E-state index in [1.165, 1.54) is 0 Å². The Morgan fingerprint density at radius 1 is 0.955 bits per heavy atom. The Morgan fingerprint density at radius 2 is 1.61 bits per heavy atom. The number of imidazole rings is 1. The van der Waals surface area contributed by atoms with E-state index in [0.29, 0.717) is 67.0 Å². The number of phenols is 1. The van der Waals surface area contributed by atoms with Crippen LogP contribution in [-0.2, 0) is 11.2 Å². The Labute approximate surface area is 270 Å². The summed E-state index contributed by atoms with van der Waals surface area (Å²) in [7, 11) is 0. The van der Waals surface area contributed by atoms with Gasteiger partial charge >= 0.3 is 11.7 Å². The number of halogens is 2. The molecule has 12 nitrogen and oxygen atoms in total. The van der Waals surface area contributed by atoms with E-state index in [9.17, 15) is 19.5 Å². The number of phenolic OH excluding ortho intramolecular Hbond substituents is 1. The van der Waals surface area contributed by atoms with Crippen molar-refractivity contribution in [3.8, 4) is 5.75 Å². The number of piperazine rings is 1. The van der Waals surface area contributed by atoms with E-state index in [-0.39, 0.29) is 35.8 Å². The second-order valence-corrected chi connectivity index (χ2v) is 12.7. The van der Waals surface area contributed by atoms with Crippen LogP contribution in [0.15, 0.2) is 68.6 Å². The van der Waals surface area contributed by atoms with Crippen molar-refractivity contribution in [2.45, 2.75) is 31.3 Å². The van der Waals surface area contributed by atoms with Crippen LogP contribution < -0.4 is 15.9 Å². The molecule has 3 amide bonds. The van der Waals surface area contributed by atoms with Crippen LogP contribution in [0.5, 0.6) is 5.75 Å². The maximum Gasteiger partial charge on any atom is 0.326 e. The standard InChI is InChI=1S/C30H32Br2N8O4/c31-21-16-19(17-22(32)26(21)41)18-24(27(42)37-12-14-38(15-13-37)28-33-8-3-9-34-28)36-29(43)39-10-6-20(7-11-39)40-25-5-2-1-4-23(25)35-30(40)44/h1-5,8-9,16-17,20,24,41H,6-7,10-15,18H2,(H,35,44)(H,36,43)/t24-/m1/s1. The zero-order chi connectivity index (χ0) is 30.8. The minimum atomic E-state index is -0.820. The van der Waals surface area contributed by atoms with Crippen LogP contribution >= 0.6 is 31.9 Å². The number of H-pyrrole nitrogens is 1. The monoisotopic (exact) mass is 726 g/mol. The third kappa shape index (κ3) is 6.32. The number of carbonyl (C=O) groups excluding carboxylic acids is 2. The molecule has 0 aliphatic carbocycles. The molecule has 0 bridgehead atoms. The minimum absolute atomic E-state index is 0.0308. The van der Waals surface area contributed by atoms with E-state index in [4.69, 9.17) is 0 Å². The molecule has 2 aromatic carbocycles. The maximum atomic E-state index is 13.9. The Balaban J connectivity index is 1.14. The first-order valence-electron chi connectivity index (χ1n) is 14.5. The Bertz CT molecular complexity index is 1690. The lowest BCUT2D eigenvalue weighted by atomic mass is 10.0. The van der Waals surface area contributed by atoms with Crippen molar-refractivity contribution in [1.29, 1.82) is 0 Å². The number of piperidine rings is 1. The number of hydrogen-bond acceptors (Lipinski definition) is 7. The SMILES string of the molecule is O=C(N[C@H](Cc1cc(Br)c(O)c(Br)c1)C(=O)N1CCN(c2ncccn2)CC1)N1CCC(n2c(=O)[nH]c3ccccc32)CC1. The molecule has 1 atom stereocenters. The molecule has 4 heterocycles. The van der Waals surface area contributed by atoms with E-state index in [1.807, 2.05) is 29.2 Å². The molecular weight excluding hydrogens is 696 g/mol. The van der Waals surface area contributed by atoms with Crippen LogP contribution in [0.2, 0.25) is 0 Å². The summed E-state index contributed by atoms with van der Waals surface area (Å²) < 4.78 is 2.77. The van der Waals surface area contributed by atoms with Gasteiger partial charge in [-0.05, 0) is 80.6 Å². The average molecular weight is 728 g/mol. The van der Waals surface area contributed by atoms with E-state index < -0.39 is 6.04 Å². The van der Waals surface area contributed by atoms with Crippen molar-refractivity contribution >= 4 is 60.8 Å². The van der Waals surface area contributed by atoms with E-state index >= 15 is 0 Å². The van der Waals surface area contributed by atoms with Crippen LogP contribution in [-0.4, -0.2) is 91.7 Å². The quantitative estimate of drug-likeness (QED) is 0.276. The van der Waals surface area contributed by atoms with Crippen molar-refractivity contribution in [3.63, 3.8) is 0 Å². The predicted octanol–water partition coefficient (Wildman–Crippen LogP) is 3.66. The Kier molecular flexibility index (Phi) is 8.89. The normalized spacial score (nSPS) is 16.7. The molecule has 0 saturated carbocycles. The zero-order valence-corrected chi connectivity index (χ0v) is 27.0. The van der Waals surface area contributed by atoms with Crippen molar-refractivity contribution in [2.24, 2.45) is 0 Å². The lowest BCUT2D eigenvalue weighted by Gasteiger charge is -2.37. The summed E-state index contributed by atoms with van der Waals surface area (Å²) in [4.78, 5) is 57.2. The number of para-hydroxylation sites is 2. The number of benzene rings is 2. The summed E-state index contributed by atoms with van der Waals surface area (Å²) in [6.45, 7) is 3.00. The predicted molar refractivity (Wildman–Crippen MR) is 173 cm³/mol. The highest BCUT2D eigenvalue weighted by molar-refractivity contribution is 9.11. The fraction of sp³-hybridized carbons (Fsp3) is 0.367. The number of aromatic nitrogens is 4. The highest BCUT2D eigenvalue weighted by Crippen LogP contribution is 2.34. The van der Waals surface area contributed by atoms with Gasteiger partial charge in [-0.2, -0.15) is 0 Å². The summed E-state index contributed by atoms with van der Waals surface area (Å²) in [5, 5.41) is 13.2. The first-order valence-corrected chi connectivity index (χ1v) is 16.1. The number of fused-ring (bicyclic) bond motifs is 1. The van der Waals surface area contributed by atoms with Crippen molar-refractivity contribution in [3.05, 3.63) is 79.9 Å². The minimum Gasteiger partial charge on any atom is -0.506 e. The molecule has 2 fully saturated rings. The topological polar surface area (TPSA) is 140 Å². The molecule has 2 aliphatic heterocycles. The van der Waals surface area contributed by atoms with Crippen LogP contribution in [0, 0.1) is 0 Å². The van der Waals surface area contributed by atoms with Crippen molar-refractivity contribution in [2.75, 3.05) is 44.2 Å². The van der Waals surface area contributed by atoms with Gasteiger partial charge in [0.05, 0.1) is 20.0 Å². The number of aromatic amines is 1. The summed E-state index contributed by atoms with van der Waals surface area (Å²) in [5.74, 6) is 0.520. The Hall–Kier alpha value is -3.91. The number of hydrogen-bond donors (Lipinski definition) is 3. The maximum absolute atomic E-state index is 13.9. The number of anilines is 1. The van der Waals surface area contributed by atoms with E-state index in [1.54, 1.807) is 45.0 Å². The van der Waals surface area contributed by atoms with Crippen LogP contribution in [0.1, 0.15) is 24.4 Å². The van der Waals surface area contributed by atoms with Gasteiger partial charge in [0.25, 0.3) is 0 Å². The van der Waals surface area contributed by atoms with Gasteiger partial charge in [0, 0.05) is 64.1 Å². The number of nitrogens with one attached hydrogen (secondary N) is 2. The second kappa shape index (κ2) is 13.0. The average Bonchev–Trinajstić information content (AvgIpc) is 3.39. The lowest BCUT2D eigenvalue weighted by Crippen LogP contribution is -2.57. The smallest absolute Gasteiger partial charge is 0.326 e. The molecule has 230 valence electrons. The number of likely N-dealkylation sites (tertiary alicyclic amines) is 1. The number of carbonyl (C=O) groups is 2. The fourth-order valence-electron chi connectivity index (χ4n) is 5.98. The molecule has 0 spiro atoms. The molecule has 2 saturated heterocycles. The number of nitrogens with zero attached hydrogens (tertiary/aromatic N) is 6. The largest absolute Gasteiger partial charge is 0.506 e. The van der Waals surface area contributed by atoms with E-state index in [2.05, 4.69) is 52.1 Å². The molecule has 3 N–H and O–H groups in total. The first-order chi connectivity index (χ1) is 21.3. The van der Waals surface area contributed by atoms with E-state index in [0.717, 1.165) is 16.6 Å². The van der Waals surface area contributed by atoms with Gasteiger partial charge < -0.3 is 30.1 Å². The van der Waals surface area contributed by atoms with Gasteiger partial charge in [0.1, 0.15) is 11.8 Å². The number of aromatic hydroxyl groups is 1. The van der Waals surface area contributed by atoms with Gasteiger partial charge in [0.15, 0.2) is 0 Å². The molecule has 44 heavy (non-hydrogen) atoms. The van der Waals surface area contributed by atoms with Crippen LogP contribution in [0.3, 0.4) is 0 Å². The Morgan fingerprint density at radius 3 is 2.30 bits per heavy atom. The van der Waals surface area contributed by atoms with Gasteiger partial charge in [-0.1, -0.05) is 12.1 Å². The second-order valence-electron chi connectivity index (χ2n) is 11.0. The summed E-state index contributed by atoms with van der Waals surface area (Å²) in [6.07, 6.45) is 4.87. The summed E-state index contributed by atoms with van der Waals surface area (Å²) in [6, 6.07) is 11.7. The van der Waals surface area contributed by atoms with Gasteiger partial charge in [-0.15, -0.1) is 0 Å². The van der Waals surface area contributed by atoms with Crippen LogP contribution in [0.4, 0.5) is 10.7 Å².